The molecule has 2 aromatic rings. The van der Waals surface area contributed by atoms with E-state index in [1.54, 1.807) is 30.3 Å². The van der Waals surface area contributed by atoms with Crippen molar-refractivity contribution < 1.29 is 76.2 Å². The minimum absolute atomic E-state index is 0.0512. The molecule has 0 spiro atoms. The first-order valence-electron chi connectivity index (χ1n) is 15.5. The fraction of sp³-hybridized carbons (Fsp3) is 0.531. The highest BCUT2D eigenvalue weighted by molar-refractivity contribution is 5.69. The lowest BCUT2D eigenvalue weighted by molar-refractivity contribution is -0.329. The molecule has 278 valence electrons. The molecule has 3 rings (SSSR count). The highest BCUT2D eigenvalue weighted by Gasteiger charge is 2.55. The van der Waals surface area contributed by atoms with Gasteiger partial charge in [-0.1, -0.05) is 18.2 Å². The standard InChI is InChI=1S/C32H39N3O16/c1-16(36)43-14-25(45-18(3)38)28(27(46-19(4)39)24-13-33-35(34-24)23-11-9-8-10-12-23)51-32-31(49-22(7)42)30(48-21(6)41)29(47-20(5)40)26(50-32)15-44-17(2)37/h8-13,25-32H,14-15H2,1-7H3/t25-,26+,27-,28-,29-,30?,31-,32?/m1/s1. The third-order valence-electron chi connectivity index (χ3n) is 6.75. The molecule has 0 aliphatic carbocycles. The molecule has 1 aliphatic heterocycles. The summed E-state index contributed by atoms with van der Waals surface area (Å²) in [6.07, 6.45) is -11.8. The van der Waals surface area contributed by atoms with Gasteiger partial charge in [-0.25, -0.2) is 0 Å². The van der Waals surface area contributed by atoms with Crippen molar-refractivity contribution in [2.24, 2.45) is 0 Å². The predicted molar refractivity (Wildman–Crippen MR) is 165 cm³/mol. The Bertz CT molecular complexity index is 1560. The quantitative estimate of drug-likeness (QED) is 0.183. The summed E-state index contributed by atoms with van der Waals surface area (Å²) in [4.78, 5) is 86.8. The van der Waals surface area contributed by atoms with E-state index < -0.39 is 104 Å². The zero-order valence-corrected chi connectivity index (χ0v) is 28.9. The maximum Gasteiger partial charge on any atom is 0.303 e. The van der Waals surface area contributed by atoms with Crippen LogP contribution in [-0.4, -0.2) is 113 Å². The summed E-state index contributed by atoms with van der Waals surface area (Å²) in [5.41, 5.74) is 0.462. The van der Waals surface area contributed by atoms with Gasteiger partial charge in [-0.15, -0.1) is 5.10 Å². The molecule has 19 nitrogen and oxygen atoms in total. The van der Waals surface area contributed by atoms with Crippen molar-refractivity contribution in [2.75, 3.05) is 13.2 Å². The highest BCUT2D eigenvalue weighted by atomic mass is 16.7. The van der Waals surface area contributed by atoms with Crippen LogP contribution in [0.25, 0.3) is 5.69 Å². The molecular formula is C32H39N3O16. The maximum absolute atomic E-state index is 12.6. The fourth-order valence-electron chi connectivity index (χ4n) is 4.98. The van der Waals surface area contributed by atoms with Crippen LogP contribution in [0, 0.1) is 0 Å². The second-order valence-corrected chi connectivity index (χ2v) is 11.0. The highest BCUT2D eigenvalue weighted by Crippen LogP contribution is 2.35. The van der Waals surface area contributed by atoms with Gasteiger partial charge in [0.25, 0.3) is 0 Å². The van der Waals surface area contributed by atoms with E-state index in [0.717, 1.165) is 48.5 Å². The van der Waals surface area contributed by atoms with E-state index in [4.69, 9.17) is 42.6 Å². The summed E-state index contributed by atoms with van der Waals surface area (Å²) in [5.74, 6) is -5.97. The molecule has 0 bridgehead atoms. The van der Waals surface area contributed by atoms with Crippen molar-refractivity contribution in [3.05, 3.63) is 42.2 Å². The Morgan fingerprint density at radius 2 is 1.27 bits per heavy atom. The van der Waals surface area contributed by atoms with Crippen molar-refractivity contribution in [3.63, 3.8) is 0 Å². The maximum atomic E-state index is 12.6. The number of carbonyl (C=O) groups is 7. The Balaban J connectivity index is 2.23. The Morgan fingerprint density at radius 3 is 1.82 bits per heavy atom. The summed E-state index contributed by atoms with van der Waals surface area (Å²) in [6, 6.07) is 8.62. The van der Waals surface area contributed by atoms with Crippen LogP contribution in [0.1, 0.15) is 60.3 Å². The largest absolute Gasteiger partial charge is 0.463 e. The summed E-state index contributed by atoms with van der Waals surface area (Å²) in [5, 5.41) is 8.66. The third kappa shape index (κ3) is 12.1. The van der Waals surface area contributed by atoms with Crippen LogP contribution in [-0.2, 0) is 76.2 Å². The smallest absolute Gasteiger partial charge is 0.303 e. The lowest BCUT2D eigenvalue weighted by Gasteiger charge is -2.45. The Labute approximate surface area is 291 Å². The number of ether oxygens (including phenoxy) is 9. The van der Waals surface area contributed by atoms with Gasteiger partial charge >= 0.3 is 41.8 Å². The summed E-state index contributed by atoms with van der Waals surface area (Å²) in [6.45, 7) is 6.20. The molecule has 0 N–H and O–H groups in total. The van der Waals surface area contributed by atoms with Crippen LogP contribution < -0.4 is 0 Å². The van der Waals surface area contributed by atoms with Gasteiger partial charge in [0.05, 0.1) is 11.9 Å². The van der Waals surface area contributed by atoms with Crippen LogP contribution in [0.15, 0.2) is 36.5 Å². The van der Waals surface area contributed by atoms with Crippen molar-refractivity contribution in [3.8, 4) is 5.69 Å². The average Bonchev–Trinajstić information content (AvgIpc) is 3.52. The number of nitrogens with zero attached hydrogens (tertiary/aromatic N) is 3. The minimum Gasteiger partial charge on any atom is -0.463 e. The van der Waals surface area contributed by atoms with Crippen LogP contribution >= 0.6 is 0 Å². The molecule has 0 radical (unpaired) electrons. The lowest BCUT2D eigenvalue weighted by Crippen LogP contribution is -2.64. The van der Waals surface area contributed by atoms with E-state index >= 15 is 0 Å². The van der Waals surface area contributed by atoms with Gasteiger partial charge in [0.15, 0.2) is 36.8 Å². The molecule has 0 saturated carbocycles. The topological polar surface area (TPSA) is 233 Å². The van der Waals surface area contributed by atoms with Crippen LogP contribution in [0.2, 0.25) is 0 Å². The first kappa shape index (κ1) is 40.0. The summed E-state index contributed by atoms with van der Waals surface area (Å²) < 4.78 is 50.2. The van der Waals surface area contributed by atoms with Gasteiger partial charge in [-0.2, -0.15) is 9.90 Å². The van der Waals surface area contributed by atoms with Gasteiger partial charge in [0.2, 0.25) is 0 Å². The Hall–Kier alpha value is -5.43. The van der Waals surface area contributed by atoms with E-state index in [-0.39, 0.29) is 5.69 Å². The zero-order chi connectivity index (χ0) is 37.8. The van der Waals surface area contributed by atoms with Gasteiger partial charge < -0.3 is 42.6 Å². The molecule has 51 heavy (non-hydrogen) atoms. The SMILES string of the molecule is CC(=O)OC[C@@H]1OC(O[C@@H]([C@H](OC(C)=O)c2cnn(-c3ccccc3)n2)[C@@H](COC(C)=O)OC(C)=O)[C@H](OC(C)=O)C(OC(C)=O)[C@@H]1OC(C)=O. The molecule has 8 atom stereocenters. The summed E-state index contributed by atoms with van der Waals surface area (Å²) >= 11 is 0. The van der Waals surface area contributed by atoms with Gasteiger partial charge in [0, 0.05) is 48.5 Å². The normalized spacial score (nSPS) is 21.5. The molecule has 1 aromatic heterocycles. The number of para-hydroxylation sites is 1. The van der Waals surface area contributed by atoms with Crippen LogP contribution in [0.5, 0.6) is 0 Å². The summed E-state index contributed by atoms with van der Waals surface area (Å²) in [7, 11) is 0. The number of hydrogen-bond donors (Lipinski definition) is 0. The van der Waals surface area contributed by atoms with E-state index in [0.29, 0.717) is 5.69 Å². The van der Waals surface area contributed by atoms with E-state index in [1.165, 1.54) is 11.0 Å². The number of benzene rings is 1. The Kier molecular flexibility index (Phi) is 14.5. The number of hydrogen-bond acceptors (Lipinski definition) is 18. The average molecular weight is 722 g/mol. The van der Waals surface area contributed by atoms with Crippen molar-refractivity contribution in [2.45, 2.75) is 97.5 Å². The molecule has 0 amide bonds. The zero-order valence-electron chi connectivity index (χ0n) is 28.9. The second-order valence-electron chi connectivity index (χ2n) is 11.0. The Morgan fingerprint density at radius 1 is 0.706 bits per heavy atom. The van der Waals surface area contributed by atoms with Crippen molar-refractivity contribution in [1.82, 2.24) is 15.0 Å². The number of esters is 7. The van der Waals surface area contributed by atoms with E-state index in [9.17, 15) is 33.6 Å². The van der Waals surface area contributed by atoms with E-state index in [2.05, 4.69) is 10.2 Å². The van der Waals surface area contributed by atoms with Gasteiger partial charge in [0.1, 0.15) is 31.1 Å². The van der Waals surface area contributed by atoms with Gasteiger partial charge in [-0.05, 0) is 12.1 Å². The monoisotopic (exact) mass is 721 g/mol. The third-order valence-corrected chi connectivity index (χ3v) is 6.75. The number of carbonyl (C=O) groups excluding carboxylic acids is 7. The fourth-order valence-corrected chi connectivity index (χ4v) is 4.98. The minimum atomic E-state index is -1.84. The van der Waals surface area contributed by atoms with Crippen molar-refractivity contribution >= 4 is 41.8 Å². The number of aromatic nitrogens is 3. The molecule has 1 aromatic carbocycles. The van der Waals surface area contributed by atoms with E-state index in [1.807, 2.05) is 0 Å². The molecule has 19 heteroatoms. The first-order valence-corrected chi connectivity index (χ1v) is 15.5. The molecule has 1 aliphatic rings. The molecule has 1 saturated heterocycles. The molecule has 2 unspecified atom stereocenters. The predicted octanol–water partition coefficient (Wildman–Crippen LogP) is 0.835. The first-order chi connectivity index (χ1) is 24.0. The molecule has 2 heterocycles. The lowest BCUT2D eigenvalue weighted by atomic mass is 9.97. The molecular weight excluding hydrogens is 682 g/mol. The number of rotatable bonds is 15. The van der Waals surface area contributed by atoms with Crippen LogP contribution in [0.3, 0.4) is 0 Å². The second kappa shape index (κ2) is 18.5. The van der Waals surface area contributed by atoms with Crippen molar-refractivity contribution in [1.29, 1.82) is 0 Å². The molecule has 1 fully saturated rings. The van der Waals surface area contributed by atoms with Gasteiger partial charge in [-0.3, -0.25) is 33.6 Å². The van der Waals surface area contributed by atoms with Crippen LogP contribution in [0.4, 0.5) is 0 Å².